The minimum absolute atomic E-state index is 0.0592. The number of hydrogen-bond donors (Lipinski definition) is 2. The zero-order chi connectivity index (χ0) is 29.1. The first-order chi connectivity index (χ1) is 19.6. The first kappa shape index (κ1) is 28.8. The fraction of sp³-hybridized carbons (Fsp3) is 0.441. The van der Waals surface area contributed by atoms with Crippen LogP contribution >= 0.6 is 0 Å². The summed E-state index contributed by atoms with van der Waals surface area (Å²) in [4.78, 5) is 34.2. The van der Waals surface area contributed by atoms with E-state index in [4.69, 9.17) is 0 Å². The van der Waals surface area contributed by atoms with Gasteiger partial charge in [-0.15, -0.1) is 0 Å². The maximum absolute atomic E-state index is 15.0. The molecule has 2 atom stereocenters. The molecule has 0 bridgehead atoms. The van der Waals surface area contributed by atoms with Crippen LogP contribution in [0.4, 0.5) is 15.9 Å². The number of carbonyl (C=O) groups is 2. The highest BCUT2D eigenvalue weighted by atomic mass is 19.1. The van der Waals surface area contributed by atoms with Gasteiger partial charge in [-0.25, -0.2) is 9.37 Å². The molecule has 2 fully saturated rings. The molecule has 2 amide bonds. The van der Waals surface area contributed by atoms with Crippen molar-refractivity contribution in [2.24, 2.45) is 5.92 Å². The number of benzene rings is 2. The molecule has 0 radical (unpaired) electrons. The molecule has 1 aromatic heterocycles. The Kier molecular flexibility index (Phi) is 8.43. The molecular weight excluding hydrogens is 515 g/mol. The monoisotopic (exact) mass is 556 g/mol. The molecule has 1 aliphatic heterocycles. The Balaban J connectivity index is 1.47. The summed E-state index contributed by atoms with van der Waals surface area (Å²) >= 11 is 0. The number of aromatic nitrogens is 1. The number of nitrogens with zero attached hydrogens (tertiary/aromatic N) is 2. The van der Waals surface area contributed by atoms with Gasteiger partial charge in [0.1, 0.15) is 11.6 Å². The van der Waals surface area contributed by atoms with Gasteiger partial charge in [-0.3, -0.25) is 9.59 Å². The number of anilines is 2. The van der Waals surface area contributed by atoms with E-state index >= 15 is 0 Å². The van der Waals surface area contributed by atoms with Crippen LogP contribution in [0.25, 0.3) is 0 Å². The van der Waals surface area contributed by atoms with Crippen molar-refractivity contribution in [1.82, 2.24) is 9.88 Å². The van der Waals surface area contributed by atoms with Crippen LogP contribution < -0.4 is 10.6 Å². The SMILES string of the molecule is Cc1cccc(F)c1C(=O)N1CCCC(C(=O)Nc2cccc(C(C)(C)C)c2)C1c1ccc(NC2CCCC2)nc1. The molecule has 7 heteroatoms. The van der Waals surface area contributed by atoms with Crippen LogP contribution in [0.15, 0.2) is 60.8 Å². The molecule has 1 saturated heterocycles. The molecular formula is C34H41FN4O2. The molecule has 2 N–H and O–H groups in total. The Morgan fingerprint density at radius 2 is 1.73 bits per heavy atom. The Bertz CT molecular complexity index is 1370. The second-order valence-electron chi connectivity index (χ2n) is 12.5. The van der Waals surface area contributed by atoms with Crippen LogP contribution in [-0.2, 0) is 10.2 Å². The van der Waals surface area contributed by atoms with Crippen LogP contribution in [-0.4, -0.2) is 34.3 Å². The zero-order valence-electron chi connectivity index (χ0n) is 24.5. The molecule has 2 aromatic carbocycles. The normalized spacial score (nSPS) is 19.7. The number of aryl methyl sites for hydroxylation is 1. The highest BCUT2D eigenvalue weighted by Gasteiger charge is 2.41. The number of likely N-dealkylation sites (tertiary alicyclic amines) is 1. The van der Waals surface area contributed by atoms with Crippen LogP contribution in [0.2, 0.25) is 0 Å². The van der Waals surface area contributed by atoms with Crippen molar-refractivity contribution >= 4 is 23.3 Å². The van der Waals surface area contributed by atoms with Gasteiger partial charge in [0.15, 0.2) is 0 Å². The molecule has 1 saturated carbocycles. The van der Waals surface area contributed by atoms with Crippen LogP contribution in [0.1, 0.15) is 92.4 Å². The number of amides is 2. The van der Waals surface area contributed by atoms with E-state index < -0.39 is 23.7 Å². The average molecular weight is 557 g/mol. The number of halogens is 1. The predicted molar refractivity (Wildman–Crippen MR) is 162 cm³/mol. The minimum atomic E-state index is -0.575. The molecule has 2 heterocycles. The van der Waals surface area contributed by atoms with Crippen LogP contribution in [0.5, 0.6) is 0 Å². The lowest BCUT2D eigenvalue weighted by Crippen LogP contribution is -2.46. The summed E-state index contributed by atoms with van der Waals surface area (Å²) in [5, 5.41) is 6.63. The van der Waals surface area contributed by atoms with E-state index in [0.717, 1.165) is 35.5 Å². The number of pyridine rings is 1. The lowest BCUT2D eigenvalue weighted by atomic mass is 9.83. The Labute approximate surface area is 242 Å². The number of piperidine rings is 1. The van der Waals surface area contributed by atoms with Crippen molar-refractivity contribution in [3.63, 3.8) is 0 Å². The van der Waals surface area contributed by atoms with Gasteiger partial charge in [0, 0.05) is 24.5 Å². The second-order valence-corrected chi connectivity index (χ2v) is 12.5. The number of hydrogen-bond acceptors (Lipinski definition) is 4. The van der Waals surface area contributed by atoms with E-state index in [1.807, 2.05) is 30.3 Å². The van der Waals surface area contributed by atoms with E-state index in [1.165, 1.54) is 18.9 Å². The van der Waals surface area contributed by atoms with Crippen molar-refractivity contribution in [3.8, 4) is 0 Å². The van der Waals surface area contributed by atoms with Gasteiger partial charge in [0.05, 0.1) is 17.5 Å². The third-order valence-electron chi connectivity index (χ3n) is 8.50. The lowest BCUT2D eigenvalue weighted by Gasteiger charge is -2.41. The van der Waals surface area contributed by atoms with Crippen molar-refractivity contribution in [3.05, 3.63) is 88.9 Å². The van der Waals surface area contributed by atoms with E-state index in [1.54, 1.807) is 30.2 Å². The largest absolute Gasteiger partial charge is 0.367 e. The average Bonchev–Trinajstić information content (AvgIpc) is 3.46. The molecule has 41 heavy (non-hydrogen) atoms. The van der Waals surface area contributed by atoms with Gasteiger partial charge in [-0.05, 0) is 79.0 Å². The number of rotatable bonds is 6. The van der Waals surface area contributed by atoms with Gasteiger partial charge < -0.3 is 15.5 Å². The summed E-state index contributed by atoms with van der Waals surface area (Å²) in [6, 6.07) is 16.3. The molecule has 6 nitrogen and oxygen atoms in total. The molecule has 216 valence electrons. The summed E-state index contributed by atoms with van der Waals surface area (Å²) < 4.78 is 15.0. The molecule has 2 aliphatic rings. The highest BCUT2D eigenvalue weighted by Crippen LogP contribution is 2.39. The summed E-state index contributed by atoms with van der Waals surface area (Å²) in [5.41, 5.74) is 3.19. The van der Waals surface area contributed by atoms with Crippen LogP contribution in [0.3, 0.4) is 0 Å². The van der Waals surface area contributed by atoms with Crippen molar-refractivity contribution in [2.75, 3.05) is 17.2 Å². The van der Waals surface area contributed by atoms with E-state index in [-0.39, 0.29) is 16.9 Å². The molecule has 5 rings (SSSR count). The van der Waals surface area contributed by atoms with Gasteiger partial charge in [-0.1, -0.05) is 63.9 Å². The number of nitrogens with one attached hydrogen (secondary N) is 2. The topological polar surface area (TPSA) is 74.3 Å². The van der Waals surface area contributed by atoms with Crippen molar-refractivity contribution in [2.45, 2.75) is 83.7 Å². The van der Waals surface area contributed by atoms with Crippen molar-refractivity contribution in [1.29, 1.82) is 0 Å². The molecule has 3 aromatic rings. The molecule has 0 spiro atoms. The van der Waals surface area contributed by atoms with Gasteiger partial charge in [0.25, 0.3) is 5.91 Å². The maximum Gasteiger partial charge on any atom is 0.257 e. The van der Waals surface area contributed by atoms with E-state index in [9.17, 15) is 14.0 Å². The standard InChI is InChI=1S/C34H41FN4O2/c1-22-10-7-16-28(35)30(22)33(41)39-19-9-15-27(32(40)38-26-14-8-11-24(20-26)34(2,3)4)31(39)23-17-18-29(36-21-23)37-25-12-5-6-13-25/h7-8,10-11,14,16-18,20-21,25,27,31H,5-6,9,12-13,15,19H2,1-4H3,(H,36,37)(H,38,40). The number of carbonyl (C=O) groups excluding carboxylic acids is 2. The lowest BCUT2D eigenvalue weighted by molar-refractivity contribution is -0.123. The maximum atomic E-state index is 15.0. The predicted octanol–water partition coefficient (Wildman–Crippen LogP) is 7.41. The fourth-order valence-corrected chi connectivity index (χ4v) is 6.20. The molecule has 2 unspecified atom stereocenters. The first-order valence-corrected chi connectivity index (χ1v) is 14.8. The third-order valence-corrected chi connectivity index (χ3v) is 8.50. The summed E-state index contributed by atoms with van der Waals surface area (Å²) in [7, 11) is 0. The van der Waals surface area contributed by atoms with E-state index in [0.29, 0.717) is 31.0 Å². The smallest absolute Gasteiger partial charge is 0.257 e. The van der Waals surface area contributed by atoms with Gasteiger partial charge in [0.2, 0.25) is 5.91 Å². The third kappa shape index (κ3) is 6.45. The Hall–Kier alpha value is -3.74. The summed E-state index contributed by atoms with van der Waals surface area (Å²) in [5.74, 6) is -0.829. The fourth-order valence-electron chi connectivity index (χ4n) is 6.20. The van der Waals surface area contributed by atoms with Crippen molar-refractivity contribution < 1.29 is 14.0 Å². The summed E-state index contributed by atoms with van der Waals surface area (Å²) in [6.45, 7) is 8.59. The Morgan fingerprint density at radius 1 is 0.976 bits per heavy atom. The van der Waals surface area contributed by atoms with Gasteiger partial charge in [-0.2, -0.15) is 0 Å². The zero-order valence-corrected chi connectivity index (χ0v) is 24.5. The minimum Gasteiger partial charge on any atom is -0.367 e. The second kappa shape index (κ2) is 12.0. The van der Waals surface area contributed by atoms with Gasteiger partial charge >= 0.3 is 0 Å². The Morgan fingerprint density at radius 3 is 2.41 bits per heavy atom. The molecule has 1 aliphatic carbocycles. The highest BCUT2D eigenvalue weighted by molar-refractivity contribution is 5.98. The van der Waals surface area contributed by atoms with E-state index in [2.05, 4.69) is 42.5 Å². The summed E-state index contributed by atoms with van der Waals surface area (Å²) in [6.07, 6.45) is 7.73. The van der Waals surface area contributed by atoms with Crippen LogP contribution in [0, 0.1) is 18.7 Å². The quantitative estimate of drug-likeness (QED) is 0.332. The first-order valence-electron chi connectivity index (χ1n) is 14.8.